The van der Waals surface area contributed by atoms with Crippen LogP contribution in [0.25, 0.3) is 0 Å². The van der Waals surface area contributed by atoms with Crippen molar-refractivity contribution in [3.8, 4) is 0 Å². The Balaban J connectivity index is 3.68. The Morgan fingerprint density at radius 1 is 0.938 bits per heavy atom. The van der Waals surface area contributed by atoms with Gasteiger partial charge in [-0.3, -0.25) is 0 Å². The Morgan fingerprint density at radius 3 is 1.69 bits per heavy atom. The van der Waals surface area contributed by atoms with Crippen molar-refractivity contribution in [1.29, 1.82) is 0 Å². The minimum Gasteiger partial charge on any atom is -0.389 e. The highest BCUT2D eigenvalue weighted by Crippen LogP contribution is 2.07. The first-order valence-electron chi connectivity index (χ1n) is 5.75. The monoisotopic (exact) mass is 248 g/mol. The molecule has 0 aromatic heterocycles. The van der Waals surface area contributed by atoms with E-state index in [2.05, 4.69) is 6.58 Å². The van der Waals surface area contributed by atoms with Gasteiger partial charge in [0.15, 0.2) is 0 Å². The van der Waals surface area contributed by atoms with Gasteiger partial charge in [0.25, 0.3) is 0 Å². The predicted molar refractivity (Wildman–Crippen MR) is 66.7 cm³/mol. The molecule has 5 heteroatoms. The van der Waals surface area contributed by atoms with Crippen LogP contribution in [0.3, 0.4) is 0 Å². The maximum atomic E-state index is 5.68. The Kier molecular flexibility index (Phi) is 9.86. The second kappa shape index (κ2) is 9.98. The average molecular weight is 248 g/mol. The van der Waals surface area contributed by atoms with Crippen molar-refractivity contribution in [2.24, 2.45) is 0 Å². The number of rotatable bonds is 11. The van der Waals surface area contributed by atoms with E-state index in [-0.39, 0.29) is 0 Å². The van der Waals surface area contributed by atoms with E-state index in [0.717, 1.165) is 0 Å². The van der Waals surface area contributed by atoms with Gasteiger partial charge in [0.2, 0.25) is 0 Å². The molecule has 0 saturated heterocycles. The van der Waals surface area contributed by atoms with Crippen LogP contribution in [0.4, 0.5) is 0 Å². The standard InChI is InChI=1S/C11H24O4Si/c1-5-12-8-10-14-16(4,7-3)15-11-9-13-6-2/h7H,3,5-6,8-11H2,1-2,4H3. The van der Waals surface area contributed by atoms with E-state index in [1.54, 1.807) is 5.70 Å². The van der Waals surface area contributed by atoms with Gasteiger partial charge in [0.05, 0.1) is 26.4 Å². The number of hydrogen-bond donors (Lipinski definition) is 0. The molecule has 96 valence electrons. The van der Waals surface area contributed by atoms with Crippen LogP contribution in [0.5, 0.6) is 0 Å². The zero-order valence-corrected chi connectivity index (χ0v) is 11.7. The van der Waals surface area contributed by atoms with E-state index in [9.17, 15) is 0 Å². The van der Waals surface area contributed by atoms with E-state index in [0.29, 0.717) is 39.6 Å². The molecule has 0 unspecified atom stereocenters. The summed E-state index contributed by atoms with van der Waals surface area (Å²) < 4.78 is 21.8. The fraction of sp³-hybridized carbons (Fsp3) is 0.818. The Labute approximate surface area is 99.8 Å². The Bertz CT molecular complexity index is 163. The van der Waals surface area contributed by atoms with Gasteiger partial charge in [-0.2, -0.15) is 0 Å². The highest BCUT2D eigenvalue weighted by Gasteiger charge is 2.27. The number of hydrogen-bond acceptors (Lipinski definition) is 4. The molecule has 0 amide bonds. The summed E-state index contributed by atoms with van der Waals surface area (Å²) in [6.07, 6.45) is 0. The SMILES string of the molecule is C=C[Si](C)(OCCOCC)OCCOCC. The summed E-state index contributed by atoms with van der Waals surface area (Å²) in [5, 5.41) is 0. The van der Waals surface area contributed by atoms with Crippen molar-refractivity contribution < 1.29 is 18.3 Å². The molecule has 0 rings (SSSR count). The van der Waals surface area contributed by atoms with Crippen molar-refractivity contribution in [2.45, 2.75) is 20.4 Å². The van der Waals surface area contributed by atoms with E-state index < -0.39 is 8.56 Å². The quantitative estimate of drug-likeness (QED) is 0.413. The Morgan fingerprint density at radius 2 is 1.38 bits per heavy atom. The lowest BCUT2D eigenvalue weighted by Crippen LogP contribution is -2.38. The van der Waals surface area contributed by atoms with Crippen molar-refractivity contribution in [1.82, 2.24) is 0 Å². The van der Waals surface area contributed by atoms with Crippen LogP contribution < -0.4 is 0 Å². The molecular formula is C11H24O4Si. The zero-order valence-electron chi connectivity index (χ0n) is 10.7. The van der Waals surface area contributed by atoms with Gasteiger partial charge in [0, 0.05) is 13.2 Å². The van der Waals surface area contributed by atoms with Gasteiger partial charge < -0.3 is 18.3 Å². The van der Waals surface area contributed by atoms with E-state index in [1.807, 2.05) is 20.4 Å². The van der Waals surface area contributed by atoms with Crippen molar-refractivity contribution in [3.63, 3.8) is 0 Å². The molecular weight excluding hydrogens is 224 g/mol. The van der Waals surface area contributed by atoms with Gasteiger partial charge in [-0.05, 0) is 26.1 Å². The highest BCUT2D eigenvalue weighted by atomic mass is 28.4. The molecule has 4 nitrogen and oxygen atoms in total. The highest BCUT2D eigenvalue weighted by molar-refractivity contribution is 6.71. The molecule has 0 aliphatic carbocycles. The van der Waals surface area contributed by atoms with Crippen LogP contribution in [0.15, 0.2) is 12.3 Å². The molecule has 0 atom stereocenters. The second-order valence-electron chi connectivity index (χ2n) is 3.31. The predicted octanol–water partition coefficient (Wildman–Crippen LogP) is 1.89. The van der Waals surface area contributed by atoms with E-state index in [1.165, 1.54) is 0 Å². The summed E-state index contributed by atoms with van der Waals surface area (Å²) in [7, 11) is -2.22. The third-order valence-corrected chi connectivity index (χ3v) is 4.31. The van der Waals surface area contributed by atoms with Crippen LogP contribution in [-0.2, 0) is 18.3 Å². The maximum Gasteiger partial charge on any atom is 0.361 e. The van der Waals surface area contributed by atoms with Crippen molar-refractivity contribution in [2.75, 3.05) is 39.6 Å². The fourth-order valence-electron chi connectivity index (χ4n) is 1.05. The first kappa shape index (κ1) is 15.8. The summed E-state index contributed by atoms with van der Waals surface area (Å²) in [6, 6.07) is 0. The molecule has 0 aliphatic rings. The molecule has 0 aromatic carbocycles. The summed E-state index contributed by atoms with van der Waals surface area (Å²) in [6.45, 7) is 13.4. The summed E-state index contributed by atoms with van der Waals surface area (Å²) in [4.78, 5) is 0. The lowest BCUT2D eigenvalue weighted by Gasteiger charge is -2.23. The molecule has 0 N–H and O–H groups in total. The van der Waals surface area contributed by atoms with Crippen LogP contribution >= 0.6 is 0 Å². The van der Waals surface area contributed by atoms with Gasteiger partial charge >= 0.3 is 8.56 Å². The molecule has 0 bridgehead atoms. The summed E-state index contributed by atoms with van der Waals surface area (Å²) in [5.74, 6) is 0. The lowest BCUT2D eigenvalue weighted by molar-refractivity contribution is 0.0703. The van der Waals surface area contributed by atoms with Crippen molar-refractivity contribution >= 4 is 8.56 Å². The molecule has 0 heterocycles. The molecule has 0 radical (unpaired) electrons. The molecule has 0 aromatic rings. The van der Waals surface area contributed by atoms with Crippen LogP contribution in [0, 0.1) is 0 Å². The first-order valence-corrected chi connectivity index (χ1v) is 8.15. The van der Waals surface area contributed by atoms with Crippen molar-refractivity contribution in [3.05, 3.63) is 12.3 Å². The van der Waals surface area contributed by atoms with E-state index in [4.69, 9.17) is 18.3 Å². The largest absolute Gasteiger partial charge is 0.389 e. The molecule has 0 saturated carbocycles. The van der Waals surface area contributed by atoms with Crippen LogP contribution in [0.2, 0.25) is 6.55 Å². The molecule has 0 spiro atoms. The fourth-order valence-corrected chi connectivity index (χ4v) is 2.35. The lowest BCUT2D eigenvalue weighted by atomic mass is 10.8. The molecule has 0 fully saturated rings. The molecule has 16 heavy (non-hydrogen) atoms. The minimum atomic E-state index is -2.22. The van der Waals surface area contributed by atoms with Crippen LogP contribution in [0.1, 0.15) is 13.8 Å². The van der Waals surface area contributed by atoms with Crippen LogP contribution in [-0.4, -0.2) is 48.2 Å². The van der Waals surface area contributed by atoms with Gasteiger partial charge in [0.1, 0.15) is 0 Å². The van der Waals surface area contributed by atoms with E-state index >= 15 is 0 Å². The third kappa shape index (κ3) is 8.01. The van der Waals surface area contributed by atoms with Gasteiger partial charge in [-0.1, -0.05) is 0 Å². The van der Waals surface area contributed by atoms with Gasteiger partial charge in [-0.25, -0.2) is 0 Å². The number of ether oxygens (including phenoxy) is 2. The zero-order chi connectivity index (χ0) is 12.3. The summed E-state index contributed by atoms with van der Waals surface area (Å²) in [5.41, 5.74) is 1.78. The maximum absolute atomic E-state index is 5.68. The Hall–Kier alpha value is -0.203. The topological polar surface area (TPSA) is 36.9 Å². The first-order chi connectivity index (χ1) is 7.68. The average Bonchev–Trinajstić information content (AvgIpc) is 2.31. The third-order valence-electron chi connectivity index (χ3n) is 2.01. The minimum absolute atomic E-state index is 0.553. The normalized spacial score (nSPS) is 11.7. The smallest absolute Gasteiger partial charge is 0.361 e. The second-order valence-corrected chi connectivity index (χ2v) is 6.33. The van der Waals surface area contributed by atoms with Gasteiger partial charge in [-0.15, -0.1) is 6.58 Å². The molecule has 0 aliphatic heterocycles. The summed E-state index contributed by atoms with van der Waals surface area (Å²) >= 11 is 0.